The molecule has 4 rings (SSSR count). The van der Waals surface area contributed by atoms with Crippen LogP contribution in [0.5, 0.6) is 0 Å². The lowest BCUT2D eigenvalue weighted by molar-refractivity contribution is 0.586. The lowest BCUT2D eigenvalue weighted by atomic mass is 10.0. The van der Waals surface area contributed by atoms with E-state index in [4.69, 9.17) is 0 Å². The van der Waals surface area contributed by atoms with Crippen molar-refractivity contribution in [1.29, 1.82) is 0 Å². The largest absolute Gasteiger partial charge is 0.353 e. The van der Waals surface area contributed by atoms with Crippen LogP contribution >= 0.6 is 11.3 Å². The van der Waals surface area contributed by atoms with Crippen LogP contribution in [0.2, 0.25) is 0 Å². The summed E-state index contributed by atoms with van der Waals surface area (Å²) in [6.07, 6.45) is 2.74. The van der Waals surface area contributed by atoms with E-state index >= 15 is 0 Å². The number of piperazine rings is 1. The highest BCUT2D eigenvalue weighted by atomic mass is 32.1. The highest BCUT2D eigenvalue weighted by Gasteiger charge is 2.22. The molecule has 3 aromatic rings. The molecule has 0 radical (unpaired) electrons. The summed E-state index contributed by atoms with van der Waals surface area (Å²) in [4.78, 5) is 14.1. The number of benzene rings is 1. The van der Waals surface area contributed by atoms with Gasteiger partial charge in [-0.25, -0.2) is 9.97 Å². The second-order valence-electron chi connectivity index (χ2n) is 6.23. The Morgan fingerprint density at radius 1 is 1.12 bits per heavy atom. The number of aryl methyl sites for hydroxylation is 2. The minimum atomic E-state index is 0.997. The van der Waals surface area contributed by atoms with Gasteiger partial charge in [-0.05, 0) is 18.9 Å². The standard InChI is InChI=1S/C19H22N4S/c1-3-15-16(14-6-4-13(2)5-7-14)17-18(21-12-22-19(17)24-15)23-10-8-20-9-11-23/h4-7,12,20H,3,8-11H2,1-2H3. The number of nitrogens with zero attached hydrogens (tertiary/aromatic N) is 3. The molecular formula is C19H22N4S. The minimum Gasteiger partial charge on any atom is -0.353 e. The quantitative estimate of drug-likeness (QED) is 0.792. The van der Waals surface area contributed by atoms with Gasteiger partial charge in [-0.15, -0.1) is 11.3 Å². The van der Waals surface area contributed by atoms with Crippen LogP contribution in [0.1, 0.15) is 17.4 Å². The fourth-order valence-corrected chi connectivity index (χ4v) is 4.45. The Morgan fingerprint density at radius 3 is 2.58 bits per heavy atom. The van der Waals surface area contributed by atoms with E-state index in [9.17, 15) is 0 Å². The molecule has 0 amide bonds. The molecular weight excluding hydrogens is 316 g/mol. The van der Waals surface area contributed by atoms with Gasteiger partial charge in [0.15, 0.2) is 0 Å². The van der Waals surface area contributed by atoms with E-state index in [1.54, 1.807) is 6.33 Å². The highest BCUT2D eigenvalue weighted by molar-refractivity contribution is 7.19. The first-order valence-corrected chi connectivity index (χ1v) is 9.38. The van der Waals surface area contributed by atoms with Crippen LogP contribution < -0.4 is 10.2 Å². The number of rotatable bonds is 3. The fraction of sp³-hybridized carbons (Fsp3) is 0.368. The van der Waals surface area contributed by atoms with Gasteiger partial charge in [0, 0.05) is 36.6 Å². The lowest BCUT2D eigenvalue weighted by Gasteiger charge is -2.29. The van der Waals surface area contributed by atoms with E-state index in [0.717, 1.165) is 43.2 Å². The summed E-state index contributed by atoms with van der Waals surface area (Å²) in [6, 6.07) is 8.83. The molecule has 4 nitrogen and oxygen atoms in total. The molecule has 1 aliphatic rings. The summed E-state index contributed by atoms with van der Waals surface area (Å²) in [5.41, 5.74) is 3.89. The van der Waals surface area contributed by atoms with Crippen LogP contribution in [0.3, 0.4) is 0 Å². The molecule has 1 N–H and O–H groups in total. The van der Waals surface area contributed by atoms with Crippen LogP contribution in [-0.2, 0) is 6.42 Å². The molecule has 1 saturated heterocycles. The SMILES string of the molecule is CCc1sc2ncnc(N3CCNCC3)c2c1-c1ccc(C)cc1. The number of anilines is 1. The van der Waals surface area contributed by atoms with E-state index < -0.39 is 0 Å². The maximum absolute atomic E-state index is 4.68. The van der Waals surface area contributed by atoms with Crippen LogP contribution in [0.25, 0.3) is 21.3 Å². The van der Waals surface area contributed by atoms with Crippen molar-refractivity contribution in [3.05, 3.63) is 41.0 Å². The Hall–Kier alpha value is -1.98. The molecule has 124 valence electrons. The Labute approximate surface area is 146 Å². The topological polar surface area (TPSA) is 41.1 Å². The molecule has 0 unspecified atom stereocenters. The number of hydrogen-bond acceptors (Lipinski definition) is 5. The van der Waals surface area contributed by atoms with Crippen LogP contribution in [-0.4, -0.2) is 36.1 Å². The van der Waals surface area contributed by atoms with Crippen molar-refractivity contribution in [2.75, 3.05) is 31.1 Å². The van der Waals surface area contributed by atoms with E-state index in [0.29, 0.717) is 0 Å². The predicted molar refractivity (Wildman–Crippen MR) is 102 cm³/mol. The summed E-state index contributed by atoms with van der Waals surface area (Å²) in [7, 11) is 0. The molecule has 1 aromatic carbocycles. The zero-order valence-corrected chi connectivity index (χ0v) is 15.0. The van der Waals surface area contributed by atoms with Gasteiger partial charge in [0.25, 0.3) is 0 Å². The molecule has 0 atom stereocenters. The summed E-state index contributed by atoms with van der Waals surface area (Å²) in [5, 5.41) is 4.65. The normalized spacial score (nSPS) is 15.2. The van der Waals surface area contributed by atoms with Crippen LogP contribution in [0, 0.1) is 6.92 Å². The third-order valence-corrected chi connectivity index (χ3v) is 5.86. The van der Waals surface area contributed by atoms with Crippen molar-refractivity contribution in [3.63, 3.8) is 0 Å². The Bertz CT molecular complexity index is 848. The zero-order chi connectivity index (χ0) is 16.5. The molecule has 1 aliphatic heterocycles. The van der Waals surface area contributed by atoms with E-state index in [1.165, 1.54) is 27.0 Å². The van der Waals surface area contributed by atoms with Gasteiger partial charge in [-0.1, -0.05) is 36.8 Å². The van der Waals surface area contributed by atoms with Gasteiger partial charge < -0.3 is 10.2 Å². The summed E-state index contributed by atoms with van der Waals surface area (Å²) < 4.78 is 0. The summed E-state index contributed by atoms with van der Waals surface area (Å²) >= 11 is 1.81. The average Bonchev–Trinajstić information content (AvgIpc) is 3.02. The van der Waals surface area contributed by atoms with Crippen molar-refractivity contribution >= 4 is 27.4 Å². The second-order valence-corrected chi connectivity index (χ2v) is 7.32. The lowest BCUT2D eigenvalue weighted by Crippen LogP contribution is -2.44. The monoisotopic (exact) mass is 338 g/mol. The van der Waals surface area contributed by atoms with Crippen molar-refractivity contribution in [2.24, 2.45) is 0 Å². The smallest absolute Gasteiger partial charge is 0.141 e. The third-order valence-electron chi connectivity index (χ3n) is 4.62. The molecule has 0 bridgehead atoms. The predicted octanol–water partition coefficient (Wildman–Crippen LogP) is 3.64. The molecule has 0 aliphatic carbocycles. The third kappa shape index (κ3) is 2.68. The summed E-state index contributed by atoms with van der Waals surface area (Å²) in [6.45, 7) is 8.37. The van der Waals surface area contributed by atoms with Crippen molar-refractivity contribution < 1.29 is 0 Å². The van der Waals surface area contributed by atoms with Crippen molar-refractivity contribution in [2.45, 2.75) is 20.3 Å². The first-order chi connectivity index (χ1) is 11.8. The Morgan fingerprint density at radius 2 is 1.88 bits per heavy atom. The van der Waals surface area contributed by atoms with Crippen LogP contribution in [0.4, 0.5) is 5.82 Å². The Balaban J connectivity index is 1.94. The maximum Gasteiger partial charge on any atom is 0.141 e. The van der Waals surface area contributed by atoms with Crippen LogP contribution in [0.15, 0.2) is 30.6 Å². The van der Waals surface area contributed by atoms with Gasteiger partial charge in [-0.2, -0.15) is 0 Å². The second kappa shape index (κ2) is 6.49. The maximum atomic E-state index is 4.68. The van der Waals surface area contributed by atoms with Gasteiger partial charge in [-0.3, -0.25) is 0 Å². The molecule has 1 fully saturated rings. The number of fused-ring (bicyclic) bond motifs is 1. The molecule has 24 heavy (non-hydrogen) atoms. The van der Waals surface area contributed by atoms with Gasteiger partial charge in [0.1, 0.15) is 17.0 Å². The van der Waals surface area contributed by atoms with Gasteiger partial charge in [0.2, 0.25) is 0 Å². The average molecular weight is 338 g/mol. The fourth-order valence-electron chi connectivity index (χ4n) is 3.35. The zero-order valence-electron chi connectivity index (χ0n) is 14.2. The highest BCUT2D eigenvalue weighted by Crippen LogP contribution is 2.42. The number of thiophene rings is 1. The molecule has 0 saturated carbocycles. The molecule has 0 spiro atoms. The number of hydrogen-bond donors (Lipinski definition) is 1. The number of aromatic nitrogens is 2. The minimum absolute atomic E-state index is 0.997. The molecule has 2 aromatic heterocycles. The van der Waals surface area contributed by atoms with Crippen molar-refractivity contribution in [3.8, 4) is 11.1 Å². The van der Waals surface area contributed by atoms with E-state index in [-0.39, 0.29) is 0 Å². The van der Waals surface area contributed by atoms with E-state index in [1.807, 2.05) is 11.3 Å². The first kappa shape index (κ1) is 15.5. The van der Waals surface area contributed by atoms with Gasteiger partial charge >= 0.3 is 0 Å². The summed E-state index contributed by atoms with van der Waals surface area (Å²) in [5.74, 6) is 1.09. The van der Waals surface area contributed by atoms with Crippen molar-refractivity contribution in [1.82, 2.24) is 15.3 Å². The van der Waals surface area contributed by atoms with Gasteiger partial charge in [0.05, 0.1) is 5.39 Å². The Kier molecular flexibility index (Phi) is 4.21. The number of nitrogens with one attached hydrogen (secondary N) is 1. The van der Waals surface area contributed by atoms with E-state index in [2.05, 4.69) is 58.3 Å². The molecule has 5 heteroatoms. The molecule has 3 heterocycles. The first-order valence-electron chi connectivity index (χ1n) is 8.57.